The van der Waals surface area contributed by atoms with Crippen LogP contribution in [0.25, 0.3) is 0 Å². The smallest absolute Gasteiger partial charge is 0.146 e. The van der Waals surface area contributed by atoms with Crippen molar-refractivity contribution in [3.63, 3.8) is 0 Å². The highest BCUT2D eigenvalue weighted by Gasteiger charge is 2.41. The number of nitriles is 1. The fraction of sp³-hybridized carbons (Fsp3) is 0.500. The Bertz CT molecular complexity index is 578. The van der Waals surface area contributed by atoms with Gasteiger partial charge in [0.15, 0.2) is 0 Å². The topological polar surface area (TPSA) is 23.8 Å². The van der Waals surface area contributed by atoms with Gasteiger partial charge in [0.2, 0.25) is 0 Å². The summed E-state index contributed by atoms with van der Waals surface area (Å²) in [5.41, 5.74) is 5.93. The van der Waals surface area contributed by atoms with Crippen molar-refractivity contribution in [1.29, 1.82) is 5.26 Å². The standard InChI is InChI=1S/C18H24FNSi/c1-13(2)21(14(3)4,15(5)6)10-9-16-7-8-17(12-20)18(19)11-16/h7-8,11,13-15H,1-6H3. The third-order valence-electron chi connectivity index (χ3n) is 4.38. The van der Waals surface area contributed by atoms with E-state index in [1.807, 2.05) is 6.07 Å². The number of hydrogen-bond acceptors (Lipinski definition) is 1. The van der Waals surface area contributed by atoms with Gasteiger partial charge in [-0.15, -0.1) is 5.54 Å². The minimum atomic E-state index is -1.80. The molecule has 112 valence electrons. The van der Waals surface area contributed by atoms with Crippen molar-refractivity contribution in [2.45, 2.75) is 58.2 Å². The van der Waals surface area contributed by atoms with Gasteiger partial charge in [0.1, 0.15) is 20.0 Å². The summed E-state index contributed by atoms with van der Waals surface area (Å²) in [4.78, 5) is 0. The van der Waals surface area contributed by atoms with Gasteiger partial charge in [0, 0.05) is 5.56 Å². The zero-order valence-electron chi connectivity index (χ0n) is 13.8. The van der Waals surface area contributed by atoms with E-state index in [9.17, 15) is 4.39 Å². The summed E-state index contributed by atoms with van der Waals surface area (Å²) < 4.78 is 13.7. The Morgan fingerprint density at radius 1 is 1.00 bits per heavy atom. The van der Waals surface area contributed by atoms with Crippen LogP contribution < -0.4 is 0 Å². The van der Waals surface area contributed by atoms with Crippen molar-refractivity contribution >= 4 is 8.07 Å². The molecule has 0 saturated heterocycles. The zero-order chi connectivity index (χ0) is 16.2. The van der Waals surface area contributed by atoms with Crippen molar-refractivity contribution in [1.82, 2.24) is 0 Å². The van der Waals surface area contributed by atoms with Crippen molar-refractivity contribution < 1.29 is 4.39 Å². The maximum absolute atomic E-state index is 13.7. The highest BCUT2D eigenvalue weighted by molar-refractivity contribution is 6.90. The SMILES string of the molecule is CC(C)[Si](C#Cc1ccc(C#N)c(F)c1)(C(C)C)C(C)C. The van der Waals surface area contributed by atoms with Gasteiger partial charge in [-0.25, -0.2) is 4.39 Å². The third-order valence-corrected chi connectivity index (χ3v) is 10.7. The van der Waals surface area contributed by atoms with Gasteiger partial charge in [-0.1, -0.05) is 47.5 Å². The summed E-state index contributed by atoms with van der Waals surface area (Å²) in [6.07, 6.45) is 0. The Morgan fingerprint density at radius 2 is 1.52 bits per heavy atom. The van der Waals surface area contributed by atoms with Crippen molar-refractivity contribution in [2.24, 2.45) is 0 Å². The van der Waals surface area contributed by atoms with Crippen molar-refractivity contribution in [3.8, 4) is 17.5 Å². The minimum absolute atomic E-state index is 0.0700. The van der Waals surface area contributed by atoms with Crippen LogP contribution in [0.4, 0.5) is 4.39 Å². The Morgan fingerprint density at radius 3 is 1.90 bits per heavy atom. The van der Waals surface area contributed by atoms with E-state index in [1.165, 1.54) is 12.1 Å². The van der Waals surface area contributed by atoms with Crippen molar-refractivity contribution in [2.75, 3.05) is 0 Å². The van der Waals surface area contributed by atoms with Gasteiger partial charge in [-0.3, -0.25) is 0 Å². The van der Waals surface area contributed by atoms with Crippen LogP contribution in [0.15, 0.2) is 18.2 Å². The molecule has 0 aliphatic heterocycles. The quantitative estimate of drug-likeness (QED) is 0.551. The van der Waals surface area contributed by atoms with Gasteiger partial charge >= 0.3 is 0 Å². The molecule has 0 heterocycles. The molecule has 0 aliphatic carbocycles. The van der Waals surface area contributed by atoms with Crippen LogP contribution in [0.1, 0.15) is 52.7 Å². The van der Waals surface area contributed by atoms with Gasteiger partial charge in [-0.05, 0) is 34.8 Å². The highest BCUT2D eigenvalue weighted by Crippen LogP contribution is 2.40. The predicted octanol–water partition coefficient (Wildman–Crippen LogP) is 5.27. The second-order valence-corrected chi connectivity index (χ2v) is 12.0. The van der Waals surface area contributed by atoms with Crippen molar-refractivity contribution in [3.05, 3.63) is 35.1 Å². The average molecular weight is 301 g/mol. The normalized spacial score (nSPS) is 11.5. The number of halogens is 1. The number of benzene rings is 1. The number of rotatable bonds is 3. The van der Waals surface area contributed by atoms with Crippen LogP contribution in [0.3, 0.4) is 0 Å². The molecule has 3 heteroatoms. The summed E-state index contributed by atoms with van der Waals surface area (Å²) in [6.45, 7) is 13.5. The van der Waals surface area contributed by atoms with Gasteiger partial charge in [0.05, 0.1) is 5.56 Å². The molecule has 0 fully saturated rings. The number of nitrogens with zero attached hydrogens (tertiary/aromatic N) is 1. The third kappa shape index (κ3) is 3.55. The zero-order valence-corrected chi connectivity index (χ0v) is 14.8. The summed E-state index contributed by atoms with van der Waals surface area (Å²) >= 11 is 0. The summed E-state index contributed by atoms with van der Waals surface area (Å²) in [5.74, 6) is 2.69. The second-order valence-electron chi connectivity index (χ2n) is 6.45. The molecule has 1 rings (SSSR count). The summed E-state index contributed by atoms with van der Waals surface area (Å²) in [5, 5.41) is 8.77. The second kappa shape index (κ2) is 6.92. The van der Waals surface area contributed by atoms with E-state index in [1.54, 1.807) is 6.07 Å². The largest absolute Gasteiger partial charge is 0.206 e. The molecular weight excluding hydrogens is 277 g/mol. The first kappa shape index (κ1) is 17.5. The van der Waals surface area contributed by atoms with E-state index in [0.29, 0.717) is 22.2 Å². The Labute approximate surface area is 129 Å². The lowest BCUT2D eigenvalue weighted by Crippen LogP contribution is -2.43. The fourth-order valence-corrected chi connectivity index (χ4v) is 8.52. The van der Waals surface area contributed by atoms with Crippen LogP contribution in [-0.2, 0) is 0 Å². The lowest BCUT2D eigenvalue weighted by molar-refractivity contribution is 0.623. The molecule has 0 saturated carbocycles. The first-order valence-electron chi connectivity index (χ1n) is 7.48. The Balaban J connectivity index is 3.29. The summed E-state index contributed by atoms with van der Waals surface area (Å²) in [7, 11) is -1.80. The van der Waals surface area contributed by atoms with E-state index in [-0.39, 0.29) is 5.56 Å². The van der Waals surface area contributed by atoms with Crippen LogP contribution in [-0.4, -0.2) is 8.07 Å². The van der Waals surface area contributed by atoms with E-state index in [2.05, 4.69) is 53.0 Å². The molecule has 1 aromatic rings. The Hall–Kier alpha value is -1.58. The highest BCUT2D eigenvalue weighted by atomic mass is 28.3. The maximum atomic E-state index is 13.7. The molecule has 0 bridgehead atoms. The molecule has 0 radical (unpaired) electrons. The van der Waals surface area contributed by atoms with Crippen LogP contribution in [0.2, 0.25) is 16.6 Å². The van der Waals surface area contributed by atoms with Crippen LogP contribution >= 0.6 is 0 Å². The Kier molecular flexibility index (Phi) is 5.75. The van der Waals surface area contributed by atoms with Gasteiger partial charge in [0.25, 0.3) is 0 Å². The lowest BCUT2D eigenvalue weighted by Gasteiger charge is -2.38. The number of hydrogen-bond donors (Lipinski definition) is 0. The molecule has 0 N–H and O–H groups in total. The lowest BCUT2D eigenvalue weighted by atomic mass is 10.1. The monoisotopic (exact) mass is 301 g/mol. The molecule has 0 aliphatic rings. The fourth-order valence-electron chi connectivity index (χ4n) is 3.30. The molecule has 0 aromatic heterocycles. The van der Waals surface area contributed by atoms with E-state index >= 15 is 0 Å². The summed E-state index contributed by atoms with van der Waals surface area (Å²) in [6, 6.07) is 6.44. The van der Waals surface area contributed by atoms with Gasteiger partial charge in [-0.2, -0.15) is 5.26 Å². The van der Waals surface area contributed by atoms with E-state index < -0.39 is 13.9 Å². The molecule has 21 heavy (non-hydrogen) atoms. The molecular formula is C18H24FNSi. The van der Waals surface area contributed by atoms with Crippen LogP contribution in [0.5, 0.6) is 0 Å². The molecule has 0 spiro atoms. The molecule has 0 amide bonds. The first-order chi connectivity index (χ1) is 9.75. The first-order valence-corrected chi connectivity index (χ1v) is 9.71. The predicted molar refractivity (Wildman–Crippen MR) is 89.0 cm³/mol. The average Bonchev–Trinajstić information content (AvgIpc) is 2.38. The minimum Gasteiger partial charge on any atom is -0.206 e. The van der Waals surface area contributed by atoms with Gasteiger partial charge < -0.3 is 0 Å². The molecule has 0 unspecified atom stereocenters. The molecule has 1 aromatic carbocycles. The van der Waals surface area contributed by atoms with E-state index in [0.717, 1.165) is 0 Å². The molecule has 1 nitrogen and oxygen atoms in total. The van der Waals surface area contributed by atoms with Crippen LogP contribution in [0, 0.1) is 28.6 Å². The maximum Gasteiger partial charge on any atom is 0.146 e. The molecule has 0 atom stereocenters. The van der Waals surface area contributed by atoms with E-state index in [4.69, 9.17) is 5.26 Å².